The molecule has 2 aliphatic heterocycles. The standard InChI is InChI=1S/C26H43BN4O5S/c1-17(2)20(30-23(33)34-24(3,4)5)21(32)31-13-11-10-12-19(31)16-37-22-28-14-18(15-29-22)27-35-25(6,7)26(8,9)36-27/h14-15,17,19-20H,10-13,16H2,1-9H3,(H,30,33)/t19-,20+/m1/s1. The topological polar surface area (TPSA) is 103 Å². The average Bonchev–Trinajstić information content (AvgIpc) is 3.01. The normalized spacial score (nSPS) is 22.2. The lowest BCUT2D eigenvalue weighted by atomic mass is 9.81. The zero-order valence-corrected chi connectivity index (χ0v) is 24.6. The molecule has 1 aromatic heterocycles. The van der Waals surface area contributed by atoms with Crippen molar-refractivity contribution in [3.63, 3.8) is 0 Å². The number of piperidine rings is 1. The largest absolute Gasteiger partial charge is 0.498 e. The summed E-state index contributed by atoms with van der Waals surface area (Å²) >= 11 is 1.53. The van der Waals surface area contributed by atoms with E-state index in [9.17, 15) is 9.59 Å². The molecule has 206 valence electrons. The van der Waals surface area contributed by atoms with Gasteiger partial charge in [-0.3, -0.25) is 4.79 Å². The Morgan fingerprint density at radius 2 is 1.76 bits per heavy atom. The summed E-state index contributed by atoms with van der Waals surface area (Å²) in [5, 5.41) is 3.45. The highest BCUT2D eigenvalue weighted by atomic mass is 32.2. The molecule has 0 radical (unpaired) electrons. The van der Waals surface area contributed by atoms with Gasteiger partial charge in [-0.05, 0) is 73.6 Å². The molecule has 0 spiro atoms. The van der Waals surface area contributed by atoms with Gasteiger partial charge in [-0.25, -0.2) is 14.8 Å². The number of hydrogen-bond donors (Lipinski definition) is 1. The molecule has 0 unspecified atom stereocenters. The van der Waals surface area contributed by atoms with Crippen molar-refractivity contribution in [1.29, 1.82) is 0 Å². The number of alkyl carbamates (subject to hydrolysis) is 1. The first-order valence-corrected chi connectivity index (χ1v) is 14.2. The van der Waals surface area contributed by atoms with E-state index in [-0.39, 0.29) is 17.9 Å². The first-order chi connectivity index (χ1) is 17.1. The minimum Gasteiger partial charge on any atom is -0.444 e. The van der Waals surface area contributed by atoms with E-state index in [0.717, 1.165) is 24.7 Å². The molecule has 1 N–H and O–H groups in total. The second-order valence-corrected chi connectivity index (χ2v) is 13.2. The molecule has 2 amide bonds. The third-order valence-corrected chi connectivity index (χ3v) is 8.11. The van der Waals surface area contributed by atoms with Crippen molar-refractivity contribution in [3.8, 4) is 0 Å². The van der Waals surface area contributed by atoms with Crippen LogP contribution in [0, 0.1) is 5.92 Å². The van der Waals surface area contributed by atoms with Crippen molar-refractivity contribution in [2.45, 2.75) is 116 Å². The summed E-state index contributed by atoms with van der Waals surface area (Å²) in [6.45, 7) is 18.0. The summed E-state index contributed by atoms with van der Waals surface area (Å²) in [4.78, 5) is 36.9. The smallest absolute Gasteiger partial charge is 0.444 e. The fraction of sp³-hybridized carbons (Fsp3) is 0.769. The number of aromatic nitrogens is 2. The Hall–Kier alpha value is -1.85. The van der Waals surface area contributed by atoms with E-state index in [4.69, 9.17) is 14.0 Å². The third-order valence-electron chi connectivity index (χ3n) is 7.09. The monoisotopic (exact) mass is 534 g/mol. The summed E-state index contributed by atoms with van der Waals surface area (Å²) < 4.78 is 17.6. The van der Waals surface area contributed by atoms with Crippen molar-refractivity contribution in [3.05, 3.63) is 12.4 Å². The van der Waals surface area contributed by atoms with Crippen LogP contribution in [0.2, 0.25) is 0 Å². The highest BCUT2D eigenvalue weighted by Crippen LogP contribution is 2.36. The number of carbonyl (C=O) groups is 2. The molecule has 2 fully saturated rings. The lowest BCUT2D eigenvalue weighted by Crippen LogP contribution is -2.56. The van der Waals surface area contributed by atoms with E-state index in [1.807, 2.05) is 46.4 Å². The molecule has 1 aromatic rings. The molecule has 3 heterocycles. The Bertz CT molecular complexity index is 935. The number of likely N-dealkylation sites (tertiary alicyclic amines) is 1. The predicted octanol–water partition coefficient (Wildman–Crippen LogP) is 3.80. The van der Waals surface area contributed by atoms with E-state index in [0.29, 0.717) is 17.5 Å². The van der Waals surface area contributed by atoms with Crippen LogP contribution in [0.3, 0.4) is 0 Å². The molecule has 0 bridgehead atoms. The van der Waals surface area contributed by atoms with Crippen LogP contribution in [0.15, 0.2) is 17.6 Å². The fourth-order valence-corrected chi connectivity index (χ4v) is 5.21. The second-order valence-electron chi connectivity index (χ2n) is 12.2. The van der Waals surface area contributed by atoms with E-state index >= 15 is 0 Å². The summed E-state index contributed by atoms with van der Waals surface area (Å²) in [5.74, 6) is 0.544. The highest BCUT2D eigenvalue weighted by molar-refractivity contribution is 7.99. The van der Waals surface area contributed by atoms with Crippen molar-refractivity contribution < 1.29 is 23.6 Å². The van der Waals surface area contributed by atoms with E-state index in [1.54, 1.807) is 33.2 Å². The molecule has 11 heteroatoms. The van der Waals surface area contributed by atoms with Crippen molar-refractivity contribution in [2.24, 2.45) is 5.92 Å². The van der Waals surface area contributed by atoms with Crippen LogP contribution in [0.25, 0.3) is 0 Å². The molecule has 9 nitrogen and oxygen atoms in total. The fourth-order valence-electron chi connectivity index (χ4n) is 4.26. The molecule has 2 aliphatic rings. The molecule has 0 aliphatic carbocycles. The number of ether oxygens (including phenoxy) is 1. The van der Waals surface area contributed by atoms with Crippen LogP contribution in [0.5, 0.6) is 0 Å². The number of hydrogen-bond acceptors (Lipinski definition) is 8. The minimum absolute atomic E-state index is 0.0410. The molecule has 0 saturated carbocycles. The van der Waals surface area contributed by atoms with Gasteiger partial charge in [0.2, 0.25) is 5.91 Å². The Labute approximate surface area is 226 Å². The average molecular weight is 535 g/mol. The second kappa shape index (κ2) is 11.5. The minimum atomic E-state index is -0.643. The number of carbonyl (C=O) groups excluding carboxylic acids is 2. The van der Waals surface area contributed by atoms with E-state index < -0.39 is 36.1 Å². The molecule has 0 aromatic carbocycles. The maximum atomic E-state index is 13.5. The van der Waals surface area contributed by atoms with Gasteiger partial charge in [0, 0.05) is 36.2 Å². The predicted molar refractivity (Wildman–Crippen MR) is 146 cm³/mol. The number of amides is 2. The third kappa shape index (κ3) is 7.60. The molecule has 2 saturated heterocycles. The zero-order chi connectivity index (χ0) is 27.6. The first-order valence-electron chi connectivity index (χ1n) is 13.2. The number of nitrogens with one attached hydrogen (secondary N) is 1. The quantitative estimate of drug-likeness (QED) is 0.320. The van der Waals surface area contributed by atoms with Crippen LogP contribution >= 0.6 is 11.8 Å². The van der Waals surface area contributed by atoms with Gasteiger partial charge in [0.05, 0.1) is 11.2 Å². The summed E-state index contributed by atoms with van der Waals surface area (Å²) in [7, 11) is -0.499. The van der Waals surface area contributed by atoms with Gasteiger partial charge >= 0.3 is 13.2 Å². The molecular formula is C26H43BN4O5S. The maximum Gasteiger partial charge on any atom is 0.498 e. The SMILES string of the molecule is CC(C)[C@H](NC(=O)OC(C)(C)C)C(=O)N1CCCC[C@@H]1CSc1ncc(B2OC(C)(C)C(C)(C)O2)cn1. The van der Waals surface area contributed by atoms with Crippen LogP contribution in [0.4, 0.5) is 4.79 Å². The molecular weight excluding hydrogens is 491 g/mol. The Morgan fingerprint density at radius 3 is 2.30 bits per heavy atom. The summed E-state index contributed by atoms with van der Waals surface area (Å²) in [6.07, 6.45) is 5.84. The van der Waals surface area contributed by atoms with Crippen LogP contribution < -0.4 is 10.8 Å². The van der Waals surface area contributed by atoms with Crippen molar-refractivity contribution in [2.75, 3.05) is 12.3 Å². The molecule has 2 atom stereocenters. The van der Waals surface area contributed by atoms with Crippen LogP contribution in [-0.2, 0) is 18.8 Å². The first kappa shape index (κ1) is 29.7. The van der Waals surface area contributed by atoms with Gasteiger partial charge in [0.1, 0.15) is 11.6 Å². The molecule has 3 rings (SSSR count). The van der Waals surface area contributed by atoms with Gasteiger partial charge in [0.15, 0.2) is 5.16 Å². The lowest BCUT2D eigenvalue weighted by molar-refractivity contribution is -0.137. The summed E-state index contributed by atoms with van der Waals surface area (Å²) in [5.41, 5.74) is -0.690. The van der Waals surface area contributed by atoms with Gasteiger partial charge in [0.25, 0.3) is 0 Å². The van der Waals surface area contributed by atoms with Crippen LogP contribution in [-0.4, -0.2) is 75.2 Å². The maximum absolute atomic E-state index is 13.5. The van der Waals surface area contributed by atoms with E-state index in [1.165, 1.54) is 11.8 Å². The molecule has 37 heavy (non-hydrogen) atoms. The number of nitrogens with zero attached hydrogens (tertiary/aromatic N) is 3. The van der Waals surface area contributed by atoms with Gasteiger partial charge in [-0.1, -0.05) is 25.6 Å². The zero-order valence-electron chi connectivity index (χ0n) is 23.8. The van der Waals surface area contributed by atoms with Gasteiger partial charge in [-0.15, -0.1) is 0 Å². The Kier molecular flexibility index (Phi) is 9.23. The van der Waals surface area contributed by atoms with Gasteiger partial charge < -0.3 is 24.3 Å². The summed E-state index contributed by atoms with van der Waals surface area (Å²) in [6, 6.07) is -0.602. The number of rotatable bonds is 7. The Morgan fingerprint density at radius 1 is 1.16 bits per heavy atom. The van der Waals surface area contributed by atoms with Crippen LogP contribution in [0.1, 0.15) is 81.6 Å². The Balaban J connectivity index is 1.62. The highest BCUT2D eigenvalue weighted by Gasteiger charge is 2.52. The van der Waals surface area contributed by atoms with Gasteiger partial charge in [-0.2, -0.15) is 0 Å². The van der Waals surface area contributed by atoms with Crippen molar-refractivity contribution >= 4 is 36.3 Å². The lowest BCUT2D eigenvalue weighted by Gasteiger charge is -2.38. The number of thioether (sulfide) groups is 1. The van der Waals surface area contributed by atoms with Crippen molar-refractivity contribution in [1.82, 2.24) is 20.2 Å². The van der Waals surface area contributed by atoms with E-state index in [2.05, 4.69) is 15.3 Å².